The largest absolute Gasteiger partial charge is 0.494 e. The molecule has 1 aliphatic rings. The molecule has 6 heteroatoms. The molecule has 0 radical (unpaired) electrons. The standard InChI is InChI=1S/C15H21FN2O3/c1-21-15-3-2-12(10-13(15)16)14(20)11-18-6-4-17(5-7-18)8-9-19/h2-3,10,19H,4-9,11H2,1H3. The van der Waals surface area contributed by atoms with Crippen LogP contribution in [0.4, 0.5) is 4.39 Å². The van der Waals surface area contributed by atoms with Crippen LogP contribution in [0.3, 0.4) is 0 Å². The van der Waals surface area contributed by atoms with Crippen LogP contribution in [0.2, 0.25) is 0 Å². The van der Waals surface area contributed by atoms with Gasteiger partial charge in [0.25, 0.3) is 0 Å². The minimum Gasteiger partial charge on any atom is -0.494 e. The number of piperazine rings is 1. The van der Waals surface area contributed by atoms with Crippen LogP contribution in [0.15, 0.2) is 18.2 Å². The van der Waals surface area contributed by atoms with E-state index >= 15 is 0 Å². The van der Waals surface area contributed by atoms with Gasteiger partial charge in [-0.1, -0.05) is 0 Å². The van der Waals surface area contributed by atoms with Crippen LogP contribution in [0.1, 0.15) is 10.4 Å². The van der Waals surface area contributed by atoms with Crippen LogP contribution >= 0.6 is 0 Å². The monoisotopic (exact) mass is 296 g/mol. The van der Waals surface area contributed by atoms with Crippen molar-refractivity contribution in [1.29, 1.82) is 0 Å². The molecule has 0 spiro atoms. The van der Waals surface area contributed by atoms with E-state index in [-0.39, 0.29) is 18.1 Å². The average molecular weight is 296 g/mol. The lowest BCUT2D eigenvalue weighted by atomic mass is 10.1. The van der Waals surface area contributed by atoms with Gasteiger partial charge in [0.1, 0.15) is 0 Å². The van der Waals surface area contributed by atoms with E-state index in [0.717, 1.165) is 26.2 Å². The van der Waals surface area contributed by atoms with Gasteiger partial charge in [0.05, 0.1) is 20.3 Å². The smallest absolute Gasteiger partial charge is 0.176 e. The van der Waals surface area contributed by atoms with E-state index in [4.69, 9.17) is 9.84 Å². The number of nitrogens with zero attached hydrogens (tertiary/aromatic N) is 2. The molecule has 0 unspecified atom stereocenters. The van der Waals surface area contributed by atoms with E-state index in [0.29, 0.717) is 18.7 Å². The van der Waals surface area contributed by atoms with Crippen molar-refractivity contribution in [3.63, 3.8) is 0 Å². The number of aliphatic hydroxyl groups is 1. The van der Waals surface area contributed by atoms with E-state index in [1.54, 1.807) is 6.07 Å². The number of benzene rings is 1. The summed E-state index contributed by atoms with van der Waals surface area (Å²) < 4.78 is 18.4. The fourth-order valence-corrected chi connectivity index (χ4v) is 2.45. The molecule has 0 aliphatic carbocycles. The summed E-state index contributed by atoms with van der Waals surface area (Å²) in [6.07, 6.45) is 0. The number of Topliss-reactive ketones (excluding diaryl/α,β-unsaturated/α-hetero) is 1. The highest BCUT2D eigenvalue weighted by Gasteiger charge is 2.19. The molecule has 5 nitrogen and oxygen atoms in total. The lowest BCUT2D eigenvalue weighted by Crippen LogP contribution is -2.48. The molecule has 0 atom stereocenters. The van der Waals surface area contributed by atoms with E-state index < -0.39 is 5.82 Å². The molecular weight excluding hydrogens is 275 g/mol. The summed E-state index contributed by atoms with van der Waals surface area (Å²) in [7, 11) is 1.39. The number of aliphatic hydroxyl groups excluding tert-OH is 1. The summed E-state index contributed by atoms with van der Waals surface area (Å²) in [5.41, 5.74) is 0.367. The number of carbonyl (C=O) groups excluding carboxylic acids is 1. The fraction of sp³-hybridized carbons (Fsp3) is 0.533. The predicted octanol–water partition coefficient (Wildman–Crippen LogP) is 0.627. The Bertz CT molecular complexity index is 488. The first-order valence-electron chi connectivity index (χ1n) is 7.06. The SMILES string of the molecule is COc1ccc(C(=O)CN2CCN(CCO)CC2)cc1F. The van der Waals surface area contributed by atoms with Crippen molar-refractivity contribution < 1.29 is 19.0 Å². The average Bonchev–Trinajstić information content (AvgIpc) is 2.49. The zero-order valence-electron chi connectivity index (χ0n) is 12.2. The van der Waals surface area contributed by atoms with Gasteiger partial charge in [0, 0.05) is 38.3 Å². The van der Waals surface area contributed by atoms with Crippen molar-refractivity contribution >= 4 is 5.78 Å². The molecule has 0 aromatic heterocycles. The Balaban J connectivity index is 1.89. The van der Waals surface area contributed by atoms with Gasteiger partial charge in [-0.15, -0.1) is 0 Å². The Morgan fingerprint density at radius 1 is 1.29 bits per heavy atom. The highest BCUT2D eigenvalue weighted by Crippen LogP contribution is 2.18. The summed E-state index contributed by atoms with van der Waals surface area (Å²) in [6.45, 7) is 4.36. The van der Waals surface area contributed by atoms with Crippen molar-refractivity contribution in [2.45, 2.75) is 0 Å². The molecule has 2 rings (SSSR count). The predicted molar refractivity (Wildman–Crippen MR) is 77.2 cm³/mol. The molecule has 1 aromatic carbocycles. The maximum absolute atomic E-state index is 13.6. The van der Waals surface area contributed by atoms with Gasteiger partial charge in [-0.05, 0) is 18.2 Å². The fourth-order valence-electron chi connectivity index (χ4n) is 2.45. The Kier molecular flexibility index (Phi) is 5.67. The second-order valence-electron chi connectivity index (χ2n) is 5.11. The third-order valence-corrected chi connectivity index (χ3v) is 3.72. The second kappa shape index (κ2) is 7.49. The normalized spacial score (nSPS) is 16.9. The molecule has 1 fully saturated rings. The van der Waals surface area contributed by atoms with Gasteiger partial charge in [-0.3, -0.25) is 14.6 Å². The number of hydrogen-bond acceptors (Lipinski definition) is 5. The van der Waals surface area contributed by atoms with Crippen molar-refractivity contribution in [3.8, 4) is 5.75 Å². The summed E-state index contributed by atoms with van der Waals surface area (Å²) in [5, 5.41) is 8.89. The van der Waals surface area contributed by atoms with Gasteiger partial charge in [-0.2, -0.15) is 0 Å². The summed E-state index contributed by atoms with van der Waals surface area (Å²) in [4.78, 5) is 16.4. The van der Waals surface area contributed by atoms with Gasteiger partial charge in [0.15, 0.2) is 17.3 Å². The third kappa shape index (κ3) is 4.23. The first kappa shape index (κ1) is 15.9. The van der Waals surface area contributed by atoms with Crippen molar-refractivity contribution in [2.75, 3.05) is 53.0 Å². The Labute approximate surface area is 123 Å². The van der Waals surface area contributed by atoms with Crippen LogP contribution in [-0.2, 0) is 0 Å². The number of halogens is 1. The molecule has 0 saturated carbocycles. The maximum atomic E-state index is 13.6. The van der Waals surface area contributed by atoms with E-state index in [1.807, 2.05) is 0 Å². The first-order chi connectivity index (χ1) is 10.1. The number of hydrogen-bond donors (Lipinski definition) is 1. The lowest BCUT2D eigenvalue weighted by Gasteiger charge is -2.33. The Morgan fingerprint density at radius 2 is 1.95 bits per heavy atom. The summed E-state index contributed by atoms with van der Waals surface area (Å²) >= 11 is 0. The number of ether oxygens (including phenoxy) is 1. The molecule has 1 aromatic rings. The Hall–Kier alpha value is -1.50. The molecule has 0 bridgehead atoms. The van der Waals surface area contributed by atoms with Gasteiger partial charge >= 0.3 is 0 Å². The minimum atomic E-state index is -0.517. The van der Waals surface area contributed by atoms with Crippen molar-refractivity contribution in [1.82, 2.24) is 9.80 Å². The number of rotatable bonds is 6. The molecule has 1 N–H and O–H groups in total. The number of carbonyl (C=O) groups is 1. The van der Waals surface area contributed by atoms with E-state index in [9.17, 15) is 9.18 Å². The topological polar surface area (TPSA) is 53.0 Å². The van der Waals surface area contributed by atoms with Gasteiger partial charge in [-0.25, -0.2) is 4.39 Å². The molecule has 21 heavy (non-hydrogen) atoms. The molecule has 1 aliphatic heterocycles. The Morgan fingerprint density at radius 3 is 2.52 bits per heavy atom. The highest BCUT2D eigenvalue weighted by atomic mass is 19.1. The third-order valence-electron chi connectivity index (χ3n) is 3.72. The zero-order valence-corrected chi connectivity index (χ0v) is 12.2. The van der Waals surface area contributed by atoms with E-state index in [2.05, 4.69) is 9.80 Å². The number of ketones is 1. The number of methoxy groups -OCH3 is 1. The maximum Gasteiger partial charge on any atom is 0.176 e. The molecule has 1 saturated heterocycles. The summed E-state index contributed by atoms with van der Waals surface area (Å²) in [5.74, 6) is -0.465. The molecular formula is C15H21FN2O3. The minimum absolute atomic E-state index is 0.0906. The zero-order chi connectivity index (χ0) is 15.2. The highest BCUT2D eigenvalue weighted by molar-refractivity contribution is 5.97. The van der Waals surface area contributed by atoms with Crippen LogP contribution in [0, 0.1) is 5.82 Å². The van der Waals surface area contributed by atoms with Crippen molar-refractivity contribution in [3.05, 3.63) is 29.6 Å². The van der Waals surface area contributed by atoms with E-state index in [1.165, 1.54) is 19.2 Å². The molecule has 0 amide bonds. The first-order valence-corrected chi connectivity index (χ1v) is 7.06. The quantitative estimate of drug-likeness (QED) is 0.780. The lowest BCUT2D eigenvalue weighted by molar-refractivity contribution is 0.0822. The van der Waals surface area contributed by atoms with Crippen LogP contribution in [0.25, 0.3) is 0 Å². The molecule has 116 valence electrons. The van der Waals surface area contributed by atoms with Crippen LogP contribution in [-0.4, -0.2) is 73.7 Å². The van der Waals surface area contributed by atoms with Gasteiger partial charge in [0.2, 0.25) is 0 Å². The van der Waals surface area contributed by atoms with Crippen LogP contribution in [0.5, 0.6) is 5.75 Å². The van der Waals surface area contributed by atoms with Crippen molar-refractivity contribution in [2.24, 2.45) is 0 Å². The van der Waals surface area contributed by atoms with Crippen LogP contribution < -0.4 is 4.74 Å². The number of β-amino-alcohol motifs (C(OH)–C–C–N with tert-alkyl or cyclic N) is 1. The molecule has 1 heterocycles. The van der Waals surface area contributed by atoms with Gasteiger partial charge < -0.3 is 9.84 Å². The summed E-state index contributed by atoms with van der Waals surface area (Å²) in [6, 6.07) is 4.29. The second-order valence-corrected chi connectivity index (χ2v) is 5.11.